The molecular formula is C25H33FN4O8S. The van der Waals surface area contributed by atoms with E-state index in [0.717, 1.165) is 22.7 Å². The standard InChI is InChI=1S/C25H33FN4O8S/c1-24(2,3)37-21(32)18(27)16-12-30(23(34)36-16)13-7-8-14(15(26)11-13)19(39-17-9-10-35-20(17)31)28-29-22(33)38-25(4,5)6/h7-8,11,16-18H,9-10,12,27H2,1-6H3,(H,29,33)/b28-19+/t16?,17?,18-/m0/s1. The fourth-order valence-corrected chi connectivity index (χ4v) is 4.55. The van der Waals surface area contributed by atoms with Gasteiger partial charge in [-0.05, 0) is 59.7 Å². The fourth-order valence-electron chi connectivity index (χ4n) is 3.52. The average molecular weight is 569 g/mol. The lowest BCUT2D eigenvalue weighted by molar-refractivity contribution is -0.158. The lowest BCUT2D eigenvalue weighted by atomic mass is 10.1. The Labute approximate surface area is 229 Å². The minimum absolute atomic E-state index is 0.00239. The highest BCUT2D eigenvalue weighted by atomic mass is 32.2. The van der Waals surface area contributed by atoms with Crippen LogP contribution in [0.4, 0.5) is 19.7 Å². The third kappa shape index (κ3) is 8.30. The number of nitrogens with zero attached hydrogens (tertiary/aromatic N) is 2. The molecule has 2 amide bonds. The first-order valence-electron chi connectivity index (χ1n) is 12.2. The first-order valence-corrected chi connectivity index (χ1v) is 13.1. The van der Waals surface area contributed by atoms with E-state index < -0.39 is 58.5 Å². The van der Waals surface area contributed by atoms with Gasteiger partial charge in [0.2, 0.25) is 0 Å². The van der Waals surface area contributed by atoms with Crippen LogP contribution in [0.5, 0.6) is 0 Å². The maximum Gasteiger partial charge on any atom is 0.428 e. The van der Waals surface area contributed by atoms with Crippen LogP contribution in [0, 0.1) is 5.82 Å². The quantitative estimate of drug-likeness (QED) is 0.172. The molecule has 2 aliphatic heterocycles. The van der Waals surface area contributed by atoms with Crippen LogP contribution < -0.4 is 16.1 Å². The molecule has 3 atom stereocenters. The first kappa shape index (κ1) is 30.2. The number of carbonyl (C=O) groups is 4. The summed E-state index contributed by atoms with van der Waals surface area (Å²) in [4.78, 5) is 50.1. The van der Waals surface area contributed by atoms with E-state index in [1.807, 2.05) is 0 Å². The summed E-state index contributed by atoms with van der Waals surface area (Å²) in [7, 11) is 0. The molecule has 1 aromatic rings. The van der Waals surface area contributed by atoms with Crippen LogP contribution in [0.2, 0.25) is 0 Å². The van der Waals surface area contributed by atoms with Gasteiger partial charge in [-0.2, -0.15) is 5.10 Å². The number of carbonyl (C=O) groups excluding carboxylic acids is 4. The summed E-state index contributed by atoms with van der Waals surface area (Å²) >= 11 is 0.930. The summed E-state index contributed by atoms with van der Waals surface area (Å²) in [6, 6.07) is 2.64. The van der Waals surface area contributed by atoms with Crippen molar-refractivity contribution >= 4 is 46.6 Å². The molecule has 2 heterocycles. The zero-order valence-corrected chi connectivity index (χ0v) is 23.4. The predicted molar refractivity (Wildman–Crippen MR) is 141 cm³/mol. The molecular weight excluding hydrogens is 535 g/mol. The van der Waals surface area contributed by atoms with E-state index in [9.17, 15) is 19.2 Å². The van der Waals surface area contributed by atoms with Crippen molar-refractivity contribution in [3.63, 3.8) is 0 Å². The number of cyclic esters (lactones) is 2. The van der Waals surface area contributed by atoms with Gasteiger partial charge in [0, 0.05) is 12.0 Å². The second-order valence-electron chi connectivity index (χ2n) is 10.8. The van der Waals surface area contributed by atoms with Crippen molar-refractivity contribution in [2.75, 3.05) is 18.1 Å². The Morgan fingerprint density at radius 1 is 1.18 bits per heavy atom. The first-order chi connectivity index (χ1) is 18.0. The van der Waals surface area contributed by atoms with Gasteiger partial charge in [-0.3, -0.25) is 14.5 Å². The third-order valence-electron chi connectivity index (χ3n) is 5.20. The van der Waals surface area contributed by atoms with Gasteiger partial charge in [-0.25, -0.2) is 19.4 Å². The van der Waals surface area contributed by atoms with Crippen molar-refractivity contribution < 1.29 is 42.5 Å². The van der Waals surface area contributed by atoms with E-state index in [-0.39, 0.29) is 29.4 Å². The number of benzene rings is 1. The summed E-state index contributed by atoms with van der Waals surface area (Å²) in [6.45, 7) is 10.2. The summed E-state index contributed by atoms with van der Waals surface area (Å²) in [5.74, 6) is -2.00. The molecule has 2 aliphatic rings. The number of anilines is 1. The average Bonchev–Trinajstić information content (AvgIpc) is 3.39. The van der Waals surface area contributed by atoms with Crippen LogP contribution in [-0.4, -0.2) is 70.9 Å². The number of thioether (sulfide) groups is 1. The molecule has 14 heteroatoms. The number of hydrogen-bond donors (Lipinski definition) is 2. The van der Waals surface area contributed by atoms with Gasteiger partial charge in [0.1, 0.15) is 39.5 Å². The molecule has 3 N–H and O–H groups in total. The van der Waals surface area contributed by atoms with Crippen LogP contribution in [-0.2, 0) is 28.5 Å². The molecule has 0 saturated carbocycles. The molecule has 0 radical (unpaired) electrons. The number of nitrogens with two attached hydrogens (primary N) is 1. The molecule has 0 bridgehead atoms. The second kappa shape index (κ2) is 11.8. The van der Waals surface area contributed by atoms with Gasteiger partial charge < -0.3 is 24.7 Å². The lowest BCUT2D eigenvalue weighted by Gasteiger charge is -2.24. The van der Waals surface area contributed by atoms with Crippen LogP contribution in [0.3, 0.4) is 0 Å². The SMILES string of the molecule is CC(C)(C)OC(=O)N/N=C(/SC1CCOC1=O)c1ccc(N2CC([C@H](N)C(=O)OC(C)(C)C)OC2=O)cc1F. The van der Waals surface area contributed by atoms with Crippen LogP contribution in [0.1, 0.15) is 53.5 Å². The van der Waals surface area contributed by atoms with Crippen molar-refractivity contribution in [1.29, 1.82) is 0 Å². The van der Waals surface area contributed by atoms with Gasteiger partial charge in [-0.1, -0.05) is 11.8 Å². The van der Waals surface area contributed by atoms with Gasteiger partial charge in [0.05, 0.1) is 18.8 Å². The summed E-state index contributed by atoms with van der Waals surface area (Å²) in [6.07, 6.45) is -2.30. The zero-order chi connectivity index (χ0) is 29.1. The molecule has 2 saturated heterocycles. The van der Waals surface area contributed by atoms with Gasteiger partial charge in [-0.15, -0.1) is 0 Å². The van der Waals surface area contributed by atoms with Crippen molar-refractivity contribution in [2.45, 2.75) is 76.6 Å². The fraction of sp³-hybridized carbons (Fsp3) is 0.560. The van der Waals surface area contributed by atoms with Gasteiger partial charge in [0.25, 0.3) is 0 Å². The number of nitrogens with one attached hydrogen (secondary N) is 1. The van der Waals surface area contributed by atoms with Crippen molar-refractivity contribution in [3.8, 4) is 0 Å². The molecule has 0 aromatic heterocycles. The number of ether oxygens (including phenoxy) is 4. The highest BCUT2D eigenvalue weighted by Gasteiger charge is 2.41. The molecule has 0 spiro atoms. The molecule has 2 unspecified atom stereocenters. The number of hydrazone groups is 1. The Morgan fingerprint density at radius 3 is 2.41 bits per heavy atom. The Bertz CT molecular complexity index is 1160. The lowest BCUT2D eigenvalue weighted by Crippen LogP contribution is -2.47. The van der Waals surface area contributed by atoms with Gasteiger partial charge in [0.15, 0.2) is 0 Å². The van der Waals surface area contributed by atoms with Crippen LogP contribution >= 0.6 is 11.8 Å². The minimum Gasteiger partial charge on any atom is -0.465 e. The number of esters is 2. The van der Waals surface area contributed by atoms with Gasteiger partial charge >= 0.3 is 24.1 Å². The Balaban J connectivity index is 1.80. The molecule has 12 nitrogen and oxygen atoms in total. The van der Waals surface area contributed by atoms with Crippen molar-refractivity contribution in [3.05, 3.63) is 29.6 Å². The minimum atomic E-state index is -1.23. The molecule has 0 aliphatic carbocycles. The molecule has 214 valence electrons. The zero-order valence-electron chi connectivity index (χ0n) is 22.6. The number of amides is 2. The molecule has 3 rings (SSSR count). The second-order valence-corrected chi connectivity index (χ2v) is 12.0. The largest absolute Gasteiger partial charge is 0.465 e. The maximum atomic E-state index is 15.4. The Kier molecular flexibility index (Phi) is 9.11. The smallest absolute Gasteiger partial charge is 0.428 e. The van der Waals surface area contributed by atoms with Crippen molar-refractivity contribution in [1.82, 2.24) is 5.43 Å². The number of hydrogen-bond acceptors (Lipinski definition) is 11. The van der Waals surface area contributed by atoms with E-state index >= 15 is 4.39 Å². The summed E-state index contributed by atoms with van der Waals surface area (Å²) in [5.41, 5.74) is 6.72. The van der Waals surface area contributed by atoms with E-state index in [1.54, 1.807) is 41.5 Å². The van der Waals surface area contributed by atoms with Crippen LogP contribution in [0.15, 0.2) is 23.3 Å². The molecule has 39 heavy (non-hydrogen) atoms. The highest BCUT2D eigenvalue weighted by molar-refractivity contribution is 8.15. The van der Waals surface area contributed by atoms with E-state index in [0.29, 0.717) is 6.42 Å². The Morgan fingerprint density at radius 2 is 1.85 bits per heavy atom. The number of rotatable bonds is 6. The topological polar surface area (TPSA) is 159 Å². The summed E-state index contributed by atoms with van der Waals surface area (Å²) in [5, 5.41) is 3.35. The maximum absolute atomic E-state index is 15.4. The normalized spacial score (nSPS) is 20.8. The molecule has 2 fully saturated rings. The highest BCUT2D eigenvalue weighted by Crippen LogP contribution is 2.30. The molecule has 1 aromatic carbocycles. The number of halogens is 1. The van der Waals surface area contributed by atoms with E-state index in [4.69, 9.17) is 24.7 Å². The van der Waals surface area contributed by atoms with Crippen molar-refractivity contribution in [2.24, 2.45) is 10.8 Å². The predicted octanol–water partition coefficient (Wildman–Crippen LogP) is 3.05. The summed E-state index contributed by atoms with van der Waals surface area (Å²) < 4.78 is 36.0. The third-order valence-corrected chi connectivity index (χ3v) is 6.45. The monoisotopic (exact) mass is 568 g/mol. The van der Waals surface area contributed by atoms with Crippen LogP contribution in [0.25, 0.3) is 0 Å². The van der Waals surface area contributed by atoms with E-state index in [2.05, 4.69) is 10.5 Å². The van der Waals surface area contributed by atoms with E-state index in [1.165, 1.54) is 12.1 Å². The Hall–Kier alpha value is -3.39.